The number of aromatic amines is 2. The highest BCUT2D eigenvalue weighted by Gasteiger charge is 2.41. The summed E-state index contributed by atoms with van der Waals surface area (Å²) in [4.78, 5) is 138. The fraction of sp³-hybridized carbons (Fsp3) is 0.533. The smallest absolute Gasteiger partial charge is 0.326 e. The Bertz CT molecular complexity index is 2250. The second kappa shape index (κ2) is 25.5. The monoisotopic (exact) mass is 977 g/mol. The van der Waals surface area contributed by atoms with Gasteiger partial charge in [-0.3, -0.25) is 38.4 Å². The second-order valence-electron chi connectivity index (χ2n) is 17.7. The standard InChI is InChI=1S/C45H63N13O10S/c1-25(2)16-31(39(61)56-34(22-69)41(63)55-33(19-28-21-49-24-51-28)44(66)58-15-7-11-36(58)45(67)68)53-40(62)32(17-26-8-4-3-5-9-26)54-38(60)30(12-13-37(47)59)52-42(64)35-10-6-14-57(35)43(65)29(46)18-27-20-48-23-50-27/h3-5,8-9,20-21,23-25,29-36,69H,6-7,10-19,22,46H2,1-2H3,(H2,47,59)(H,48,50)(H,49,51)(H,52,64)(H,53,62)(H,54,60)(H,55,63)(H,56,61)(H,67,68). The molecule has 24 heteroatoms. The van der Waals surface area contributed by atoms with Crippen molar-refractivity contribution in [3.05, 3.63) is 72.3 Å². The number of carbonyl (C=O) groups is 9. The lowest BCUT2D eigenvalue weighted by Crippen LogP contribution is -2.61. The third-order valence-electron chi connectivity index (χ3n) is 11.9. The van der Waals surface area contributed by atoms with E-state index in [-0.39, 0.29) is 76.1 Å². The summed E-state index contributed by atoms with van der Waals surface area (Å²) in [6.45, 7) is 4.04. The number of hydrogen-bond donors (Lipinski definition) is 11. The van der Waals surface area contributed by atoms with Crippen LogP contribution in [0.5, 0.6) is 0 Å². The van der Waals surface area contributed by atoms with Crippen LogP contribution in [0.25, 0.3) is 0 Å². The van der Waals surface area contributed by atoms with E-state index in [0.29, 0.717) is 29.8 Å². The number of aliphatic carboxylic acids is 1. The fourth-order valence-electron chi connectivity index (χ4n) is 8.40. The number of benzene rings is 1. The maximum absolute atomic E-state index is 14.3. The summed E-state index contributed by atoms with van der Waals surface area (Å²) in [7, 11) is 0. The largest absolute Gasteiger partial charge is 0.480 e. The Morgan fingerprint density at radius 1 is 0.710 bits per heavy atom. The predicted molar refractivity (Wildman–Crippen MR) is 251 cm³/mol. The molecule has 0 saturated carbocycles. The number of rotatable bonds is 25. The van der Waals surface area contributed by atoms with Gasteiger partial charge in [-0.05, 0) is 50.0 Å². The molecule has 0 radical (unpaired) electrons. The van der Waals surface area contributed by atoms with E-state index in [0.717, 1.165) is 0 Å². The molecule has 69 heavy (non-hydrogen) atoms. The molecule has 2 aliphatic rings. The average molecular weight is 978 g/mol. The number of H-pyrrole nitrogens is 2. The molecule has 5 rings (SSSR count). The number of carbonyl (C=O) groups excluding carboxylic acids is 8. The van der Waals surface area contributed by atoms with Crippen molar-refractivity contribution in [1.29, 1.82) is 0 Å². The number of primary amides is 1. The Balaban J connectivity index is 1.31. The van der Waals surface area contributed by atoms with Crippen LogP contribution in [0, 0.1) is 5.92 Å². The Hall–Kier alpha value is -6.82. The molecular formula is C45H63N13O10S. The third-order valence-corrected chi connectivity index (χ3v) is 12.3. The number of carboxylic acids is 1. The molecular weight excluding hydrogens is 915 g/mol. The number of amides is 8. The van der Waals surface area contributed by atoms with Crippen molar-refractivity contribution in [3.8, 4) is 0 Å². The van der Waals surface area contributed by atoms with Crippen molar-refractivity contribution in [2.75, 3.05) is 18.8 Å². The normalized spacial score (nSPS) is 18.3. The molecule has 1 aromatic carbocycles. The number of carboxylic acid groups (broad SMARTS) is 1. The summed E-state index contributed by atoms with van der Waals surface area (Å²) < 4.78 is 0. The number of nitrogens with two attached hydrogens (primary N) is 2. The molecule has 8 unspecified atom stereocenters. The molecule has 0 bridgehead atoms. The van der Waals surface area contributed by atoms with E-state index < -0.39 is 102 Å². The minimum absolute atomic E-state index is 0.0729. The van der Waals surface area contributed by atoms with Gasteiger partial charge in [0.1, 0.15) is 42.3 Å². The molecule has 374 valence electrons. The van der Waals surface area contributed by atoms with Crippen molar-refractivity contribution < 1.29 is 48.3 Å². The zero-order valence-electron chi connectivity index (χ0n) is 38.6. The number of thiol groups is 1. The van der Waals surface area contributed by atoms with Crippen LogP contribution in [0.4, 0.5) is 0 Å². The molecule has 2 aliphatic heterocycles. The number of nitrogens with one attached hydrogen (secondary N) is 7. The van der Waals surface area contributed by atoms with E-state index >= 15 is 0 Å². The molecule has 8 amide bonds. The van der Waals surface area contributed by atoms with Crippen LogP contribution in [0.3, 0.4) is 0 Å². The van der Waals surface area contributed by atoms with Gasteiger partial charge in [-0.15, -0.1) is 0 Å². The molecule has 2 saturated heterocycles. The zero-order valence-corrected chi connectivity index (χ0v) is 39.5. The molecule has 2 fully saturated rings. The van der Waals surface area contributed by atoms with Gasteiger partial charge in [-0.1, -0.05) is 44.2 Å². The van der Waals surface area contributed by atoms with Crippen LogP contribution in [0.1, 0.15) is 75.7 Å². The van der Waals surface area contributed by atoms with E-state index in [1.165, 1.54) is 28.7 Å². The van der Waals surface area contributed by atoms with E-state index in [2.05, 4.69) is 59.1 Å². The average Bonchev–Trinajstić information content (AvgIpc) is 4.17. The predicted octanol–water partition coefficient (Wildman–Crippen LogP) is -1.78. The van der Waals surface area contributed by atoms with Crippen LogP contribution >= 0.6 is 12.6 Å². The van der Waals surface area contributed by atoms with Crippen molar-refractivity contribution in [3.63, 3.8) is 0 Å². The van der Waals surface area contributed by atoms with Gasteiger partial charge >= 0.3 is 5.97 Å². The van der Waals surface area contributed by atoms with Gasteiger partial charge < -0.3 is 62.9 Å². The van der Waals surface area contributed by atoms with Crippen LogP contribution in [0.2, 0.25) is 0 Å². The first kappa shape index (κ1) is 53.1. The first-order chi connectivity index (χ1) is 32.9. The van der Waals surface area contributed by atoms with Crippen LogP contribution < -0.4 is 38.1 Å². The van der Waals surface area contributed by atoms with Gasteiger partial charge in [-0.25, -0.2) is 14.8 Å². The van der Waals surface area contributed by atoms with Gasteiger partial charge in [-0.2, -0.15) is 12.6 Å². The quantitative estimate of drug-likeness (QED) is 0.0419. The number of imidazole rings is 2. The van der Waals surface area contributed by atoms with Crippen LogP contribution in [0.15, 0.2) is 55.4 Å². The summed E-state index contributed by atoms with van der Waals surface area (Å²) in [5.41, 5.74) is 13.3. The molecule has 3 aromatic rings. The highest BCUT2D eigenvalue weighted by Crippen LogP contribution is 2.21. The zero-order chi connectivity index (χ0) is 50.2. The molecule has 4 heterocycles. The summed E-state index contributed by atoms with van der Waals surface area (Å²) in [6, 6.07) is -0.944. The lowest BCUT2D eigenvalue weighted by atomic mass is 10.00. The highest BCUT2D eigenvalue weighted by molar-refractivity contribution is 7.80. The molecule has 0 aliphatic carbocycles. The second-order valence-corrected chi connectivity index (χ2v) is 18.0. The number of nitrogens with zero attached hydrogens (tertiary/aromatic N) is 4. The summed E-state index contributed by atoms with van der Waals surface area (Å²) in [6.07, 6.45) is 6.94. The van der Waals surface area contributed by atoms with Gasteiger partial charge in [0.15, 0.2) is 0 Å². The highest BCUT2D eigenvalue weighted by atomic mass is 32.1. The lowest BCUT2D eigenvalue weighted by Gasteiger charge is -2.30. The topological polar surface area (TPSA) is 350 Å². The van der Waals surface area contributed by atoms with E-state index in [1.807, 2.05) is 13.8 Å². The Morgan fingerprint density at radius 3 is 1.83 bits per heavy atom. The van der Waals surface area contributed by atoms with Gasteiger partial charge in [0.25, 0.3) is 0 Å². The lowest BCUT2D eigenvalue weighted by molar-refractivity contribution is -0.149. The number of hydrogen-bond acceptors (Lipinski definition) is 13. The van der Waals surface area contributed by atoms with Crippen LogP contribution in [-0.4, -0.2) is 155 Å². The fourth-order valence-corrected chi connectivity index (χ4v) is 8.66. The maximum atomic E-state index is 14.3. The molecule has 0 spiro atoms. The third kappa shape index (κ3) is 15.3. The Kier molecular flexibility index (Phi) is 19.7. The van der Waals surface area contributed by atoms with Gasteiger partial charge in [0.05, 0.1) is 30.1 Å². The van der Waals surface area contributed by atoms with Crippen LogP contribution in [-0.2, 0) is 62.4 Å². The molecule has 8 atom stereocenters. The van der Waals surface area contributed by atoms with Crippen molar-refractivity contribution in [2.45, 2.75) is 126 Å². The van der Waals surface area contributed by atoms with E-state index in [1.54, 1.807) is 36.5 Å². The maximum Gasteiger partial charge on any atom is 0.326 e. The molecule has 23 nitrogen and oxygen atoms in total. The minimum Gasteiger partial charge on any atom is -0.480 e. The molecule has 12 N–H and O–H groups in total. The molecule has 2 aromatic heterocycles. The Morgan fingerprint density at radius 2 is 1.25 bits per heavy atom. The van der Waals surface area contributed by atoms with E-state index in [9.17, 15) is 48.3 Å². The SMILES string of the molecule is CC(C)CC(NC(=O)C(Cc1ccccc1)NC(=O)C(CCC(N)=O)NC(=O)C1CCCN1C(=O)C(N)Cc1c[nH]cn1)C(=O)NC(CS)C(=O)NC(Cc1c[nH]cn1)C(=O)N1CCCC1C(=O)O. The van der Waals surface area contributed by atoms with Crippen molar-refractivity contribution in [1.82, 2.24) is 56.3 Å². The van der Waals surface area contributed by atoms with Gasteiger partial charge in [0.2, 0.25) is 47.3 Å². The van der Waals surface area contributed by atoms with Gasteiger partial charge in [0, 0.05) is 56.9 Å². The number of aromatic nitrogens is 4. The summed E-state index contributed by atoms with van der Waals surface area (Å²) in [5.74, 6) is -7.33. The first-order valence-electron chi connectivity index (χ1n) is 22.9. The first-order valence-corrected chi connectivity index (χ1v) is 23.6. The Labute approximate surface area is 404 Å². The minimum atomic E-state index is -1.39. The summed E-state index contributed by atoms with van der Waals surface area (Å²) in [5, 5.41) is 23.1. The number of likely N-dealkylation sites (tertiary alicyclic amines) is 2. The van der Waals surface area contributed by atoms with E-state index in [4.69, 9.17) is 11.5 Å². The van der Waals surface area contributed by atoms with Crippen molar-refractivity contribution >= 4 is 65.9 Å². The summed E-state index contributed by atoms with van der Waals surface area (Å²) >= 11 is 4.31. The van der Waals surface area contributed by atoms with Crippen molar-refractivity contribution in [2.24, 2.45) is 17.4 Å².